The largest absolute Gasteiger partial charge is 0.351 e. The number of nitrogens with one attached hydrogen (secondary N) is 1. The molecule has 92 valence electrons. The van der Waals surface area contributed by atoms with E-state index in [0.717, 1.165) is 31.9 Å². The first kappa shape index (κ1) is 11.2. The van der Waals surface area contributed by atoms with Crippen LogP contribution in [-0.4, -0.2) is 35.9 Å². The highest BCUT2D eigenvalue weighted by atomic mass is 35.5. The van der Waals surface area contributed by atoms with Crippen molar-refractivity contribution in [1.29, 1.82) is 0 Å². The minimum absolute atomic E-state index is 0.507. The van der Waals surface area contributed by atoms with Crippen LogP contribution in [0, 0.1) is 0 Å². The van der Waals surface area contributed by atoms with E-state index in [4.69, 9.17) is 11.6 Å². The SMILES string of the molecule is Clc1cc2c(nn1)N([C@@H]1CCCNC1)CCC2. The molecule has 17 heavy (non-hydrogen) atoms. The van der Waals surface area contributed by atoms with Gasteiger partial charge in [0.15, 0.2) is 11.0 Å². The quantitative estimate of drug-likeness (QED) is 0.825. The van der Waals surface area contributed by atoms with Gasteiger partial charge in [-0.15, -0.1) is 10.2 Å². The molecule has 1 atom stereocenters. The van der Waals surface area contributed by atoms with Crippen LogP contribution in [0.1, 0.15) is 24.8 Å². The minimum Gasteiger partial charge on any atom is -0.351 e. The molecule has 1 saturated heterocycles. The lowest BCUT2D eigenvalue weighted by Crippen LogP contribution is -2.48. The Kier molecular flexibility index (Phi) is 3.16. The van der Waals surface area contributed by atoms with Crippen molar-refractivity contribution < 1.29 is 0 Å². The predicted octanol–water partition coefficient (Wildman–Crippen LogP) is 1.63. The topological polar surface area (TPSA) is 41.1 Å². The Labute approximate surface area is 106 Å². The first-order valence-electron chi connectivity index (χ1n) is 6.34. The van der Waals surface area contributed by atoms with Crippen molar-refractivity contribution in [2.75, 3.05) is 24.5 Å². The van der Waals surface area contributed by atoms with Crippen LogP contribution in [0.2, 0.25) is 5.15 Å². The zero-order valence-corrected chi connectivity index (χ0v) is 10.6. The van der Waals surface area contributed by atoms with E-state index in [-0.39, 0.29) is 0 Å². The van der Waals surface area contributed by atoms with E-state index >= 15 is 0 Å². The third kappa shape index (κ3) is 2.24. The fourth-order valence-electron chi connectivity index (χ4n) is 2.82. The predicted molar refractivity (Wildman–Crippen MR) is 68.6 cm³/mol. The van der Waals surface area contributed by atoms with Gasteiger partial charge < -0.3 is 10.2 Å². The Morgan fingerprint density at radius 1 is 1.35 bits per heavy atom. The molecule has 0 bridgehead atoms. The van der Waals surface area contributed by atoms with Crippen LogP contribution in [-0.2, 0) is 6.42 Å². The van der Waals surface area contributed by atoms with Gasteiger partial charge in [-0.25, -0.2) is 0 Å². The highest BCUT2D eigenvalue weighted by molar-refractivity contribution is 6.29. The molecule has 0 saturated carbocycles. The monoisotopic (exact) mass is 252 g/mol. The highest BCUT2D eigenvalue weighted by Crippen LogP contribution is 2.28. The Bertz CT molecular complexity index is 403. The molecule has 3 rings (SSSR count). The van der Waals surface area contributed by atoms with Gasteiger partial charge in [-0.1, -0.05) is 11.6 Å². The molecule has 0 aromatic carbocycles. The van der Waals surface area contributed by atoms with Crippen molar-refractivity contribution in [2.45, 2.75) is 31.7 Å². The first-order valence-corrected chi connectivity index (χ1v) is 6.72. The van der Waals surface area contributed by atoms with Gasteiger partial charge in [0.1, 0.15) is 0 Å². The summed E-state index contributed by atoms with van der Waals surface area (Å²) < 4.78 is 0. The van der Waals surface area contributed by atoms with Crippen LogP contribution in [0.3, 0.4) is 0 Å². The summed E-state index contributed by atoms with van der Waals surface area (Å²) in [5.74, 6) is 1.05. The van der Waals surface area contributed by atoms with Crippen LogP contribution in [0.15, 0.2) is 6.07 Å². The lowest BCUT2D eigenvalue weighted by molar-refractivity contribution is 0.420. The number of aryl methyl sites for hydroxylation is 1. The van der Waals surface area contributed by atoms with E-state index in [2.05, 4.69) is 20.4 Å². The van der Waals surface area contributed by atoms with Gasteiger partial charge in [0.05, 0.1) is 0 Å². The zero-order valence-electron chi connectivity index (χ0n) is 9.82. The second-order valence-corrected chi connectivity index (χ2v) is 5.20. The molecule has 1 fully saturated rings. The van der Waals surface area contributed by atoms with Crippen molar-refractivity contribution in [3.05, 3.63) is 16.8 Å². The van der Waals surface area contributed by atoms with E-state index < -0.39 is 0 Å². The molecule has 1 aromatic rings. The normalized spacial score (nSPS) is 24.5. The number of hydrogen-bond acceptors (Lipinski definition) is 4. The summed E-state index contributed by atoms with van der Waals surface area (Å²) >= 11 is 5.91. The number of piperidine rings is 1. The van der Waals surface area contributed by atoms with Crippen molar-refractivity contribution in [2.24, 2.45) is 0 Å². The molecule has 0 unspecified atom stereocenters. The van der Waals surface area contributed by atoms with Crippen LogP contribution < -0.4 is 10.2 Å². The van der Waals surface area contributed by atoms with Crippen LogP contribution in [0.5, 0.6) is 0 Å². The lowest BCUT2D eigenvalue weighted by Gasteiger charge is -2.38. The second kappa shape index (κ2) is 4.78. The van der Waals surface area contributed by atoms with E-state index in [1.54, 1.807) is 0 Å². The molecular formula is C12H17ClN4. The maximum atomic E-state index is 5.91. The molecule has 0 aliphatic carbocycles. The number of halogens is 1. The van der Waals surface area contributed by atoms with Gasteiger partial charge in [0, 0.05) is 19.1 Å². The lowest BCUT2D eigenvalue weighted by atomic mass is 10.0. The molecule has 2 aliphatic heterocycles. The third-order valence-corrected chi connectivity index (χ3v) is 3.83. The molecule has 0 spiro atoms. The van der Waals surface area contributed by atoms with Crippen molar-refractivity contribution >= 4 is 17.4 Å². The summed E-state index contributed by atoms with van der Waals surface area (Å²) in [5.41, 5.74) is 1.25. The van der Waals surface area contributed by atoms with Crippen molar-refractivity contribution in [1.82, 2.24) is 15.5 Å². The first-order chi connectivity index (χ1) is 8.34. The smallest absolute Gasteiger partial charge is 0.154 e. The van der Waals surface area contributed by atoms with Gasteiger partial charge in [0.25, 0.3) is 0 Å². The highest BCUT2D eigenvalue weighted by Gasteiger charge is 2.27. The van der Waals surface area contributed by atoms with Gasteiger partial charge in [0.2, 0.25) is 0 Å². The number of nitrogens with zero attached hydrogens (tertiary/aromatic N) is 3. The average Bonchev–Trinajstić information content (AvgIpc) is 2.39. The van der Waals surface area contributed by atoms with Gasteiger partial charge >= 0.3 is 0 Å². The number of rotatable bonds is 1. The average molecular weight is 253 g/mol. The molecule has 3 heterocycles. The van der Waals surface area contributed by atoms with E-state index in [9.17, 15) is 0 Å². The zero-order chi connectivity index (χ0) is 11.7. The van der Waals surface area contributed by atoms with Gasteiger partial charge in [-0.3, -0.25) is 0 Å². The Morgan fingerprint density at radius 3 is 3.12 bits per heavy atom. The van der Waals surface area contributed by atoms with E-state index in [0.29, 0.717) is 11.2 Å². The summed E-state index contributed by atoms with van der Waals surface area (Å²) in [5, 5.41) is 12.2. The molecule has 5 heteroatoms. The Balaban J connectivity index is 1.88. The second-order valence-electron chi connectivity index (χ2n) is 4.81. The fraction of sp³-hybridized carbons (Fsp3) is 0.667. The third-order valence-electron chi connectivity index (χ3n) is 3.65. The van der Waals surface area contributed by atoms with Crippen LogP contribution >= 0.6 is 11.6 Å². The number of hydrogen-bond donors (Lipinski definition) is 1. The summed E-state index contributed by atoms with van der Waals surface area (Å²) in [4.78, 5) is 2.41. The molecule has 1 N–H and O–H groups in total. The number of aromatic nitrogens is 2. The van der Waals surface area contributed by atoms with Crippen LogP contribution in [0.25, 0.3) is 0 Å². The molecule has 2 aliphatic rings. The number of fused-ring (bicyclic) bond motifs is 1. The summed E-state index contributed by atoms with van der Waals surface area (Å²) in [7, 11) is 0. The molecule has 0 amide bonds. The Morgan fingerprint density at radius 2 is 2.29 bits per heavy atom. The number of anilines is 1. The van der Waals surface area contributed by atoms with E-state index in [1.807, 2.05) is 6.07 Å². The van der Waals surface area contributed by atoms with Gasteiger partial charge in [-0.2, -0.15) is 0 Å². The van der Waals surface area contributed by atoms with Crippen LogP contribution in [0.4, 0.5) is 5.82 Å². The molecule has 1 aromatic heterocycles. The summed E-state index contributed by atoms with van der Waals surface area (Å²) in [6.07, 6.45) is 4.75. The minimum atomic E-state index is 0.507. The summed E-state index contributed by atoms with van der Waals surface area (Å²) in [6, 6.07) is 2.53. The molecular weight excluding hydrogens is 236 g/mol. The molecule has 0 radical (unpaired) electrons. The summed E-state index contributed by atoms with van der Waals surface area (Å²) in [6.45, 7) is 3.29. The van der Waals surface area contributed by atoms with Gasteiger partial charge in [-0.05, 0) is 43.9 Å². The van der Waals surface area contributed by atoms with E-state index in [1.165, 1.54) is 24.8 Å². The maximum absolute atomic E-state index is 5.91. The van der Waals surface area contributed by atoms with Crippen molar-refractivity contribution in [3.8, 4) is 0 Å². The maximum Gasteiger partial charge on any atom is 0.154 e. The Hall–Kier alpha value is -0.870. The van der Waals surface area contributed by atoms with Crippen molar-refractivity contribution in [3.63, 3.8) is 0 Å². The fourth-order valence-corrected chi connectivity index (χ4v) is 2.99. The standard InChI is InChI=1S/C12H17ClN4/c13-11-7-9-3-2-6-17(12(9)16-15-11)10-4-1-5-14-8-10/h7,10,14H,1-6,8H2/t10-/m1/s1. The molecule has 4 nitrogen and oxygen atoms in total.